The molecule has 2 amide bonds. The number of likely N-dealkylation sites (tertiary alicyclic amines) is 1. The smallest absolute Gasteiger partial charge is 0.239 e. The molecule has 21 heavy (non-hydrogen) atoms. The van der Waals surface area contributed by atoms with Gasteiger partial charge in [-0.15, -0.1) is 0 Å². The fourth-order valence-electron chi connectivity index (χ4n) is 2.64. The van der Waals surface area contributed by atoms with Gasteiger partial charge in [0.15, 0.2) is 0 Å². The van der Waals surface area contributed by atoms with Gasteiger partial charge in [0.2, 0.25) is 11.8 Å². The molecule has 0 aromatic carbocycles. The van der Waals surface area contributed by atoms with Gasteiger partial charge in [0.25, 0.3) is 0 Å². The molecule has 0 bridgehead atoms. The van der Waals surface area contributed by atoms with Crippen LogP contribution in [0.2, 0.25) is 0 Å². The molecule has 1 fully saturated rings. The summed E-state index contributed by atoms with van der Waals surface area (Å²) in [7, 11) is 0. The predicted molar refractivity (Wildman–Crippen MR) is 79.7 cm³/mol. The predicted octanol–water partition coefficient (Wildman–Crippen LogP) is 1.17. The minimum absolute atomic E-state index is 0.00211. The van der Waals surface area contributed by atoms with E-state index < -0.39 is 0 Å². The third-order valence-electron chi connectivity index (χ3n) is 3.69. The molecule has 1 unspecified atom stereocenters. The highest BCUT2D eigenvalue weighted by molar-refractivity contribution is 5.85. The van der Waals surface area contributed by atoms with E-state index in [1.807, 2.05) is 19.9 Å². The number of carbonyl (C=O) groups is 2. The number of carbonyl (C=O) groups excluding carboxylic acids is 2. The molecule has 0 aliphatic carbocycles. The van der Waals surface area contributed by atoms with Gasteiger partial charge in [-0.05, 0) is 32.8 Å². The van der Waals surface area contributed by atoms with E-state index in [4.69, 9.17) is 0 Å². The largest absolute Gasteiger partial charge is 0.352 e. The Morgan fingerprint density at radius 3 is 3.00 bits per heavy atom. The molecule has 6 nitrogen and oxygen atoms in total. The van der Waals surface area contributed by atoms with Gasteiger partial charge in [-0.3, -0.25) is 14.7 Å². The molecule has 1 aliphatic rings. The Labute approximate surface area is 125 Å². The van der Waals surface area contributed by atoms with E-state index in [2.05, 4.69) is 15.5 Å². The van der Waals surface area contributed by atoms with Crippen molar-refractivity contribution in [1.82, 2.24) is 20.4 Å². The summed E-state index contributed by atoms with van der Waals surface area (Å²) in [5.41, 5.74) is 1.95. The summed E-state index contributed by atoms with van der Waals surface area (Å²) in [4.78, 5) is 25.6. The van der Waals surface area contributed by atoms with E-state index in [9.17, 15) is 9.59 Å². The zero-order valence-corrected chi connectivity index (χ0v) is 12.8. The van der Waals surface area contributed by atoms with Crippen LogP contribution in [0.25, 0.3) is 0 Å². The molecule has 116 valence electrons. The number of hydrogen-bond donors (Lipinski definition) is 2. The molecule has 0 saturated carbocycles. The van der Waals surface area contributed by atoms with Gasteiger partial charge in [0, 0.05) is 31.1 Å². The number of H-pyrrole nitrogens is 1. The third-order valence-corrected chi connectivity index (χ3v) is 3.69. The fraction of sp³-hybridized carbons (Fsp3) is 0.667. The van der Waals surface area contributed by atoms with Crippen molar-refractivity contribution in [3.05, 3.63) is 17.5 Å². The first-order chi connectivity index (χ1) is 10.0. The van der Waals surface area contributed by atoms with Gasteiger partial charge >= 0.3 is 0 Å². The lowest BCUT2D eigenvalue weighted by Gasteiger charge is -2.21. The number of aromatic nitrogens is 2. The molecule has 1 aromatic rings. The summed E-state index contributed by atoms with van der Waals surface area (Å²) in [6.07, 6.45) is 4.24. The van der Waals surface area contributed by atoms with E-state index in [-0.39, 0.29) is 24.4 Å². The first-order valence-corrected chi connectivity index (χ1v) is 7.62. The Morgan fingerprint density at radius 1 is 1.48 bits per heavy atom. The molecule has 1 aromatic heterocycles. The Morgan fingerprint density at radius 2 is 2.29 bits per heavy atom. The summed E-state index contributed by atoms with van der Waals surface area (Å²) in [6, 6.07) is 1.98. The summed E-state index contributed by atoms with van der Waals surface area (Å²) in [5.74, 6) is 0.00300. The van der Waals surface area contributed by atoms with Crippen LogP contribution in [0.3, 0.4) is 0 Å². The highest BCUT2D eigenvalue weighted by Gasteiger charge is 2.20. The number of nitrogens with zero attached hydrogens (tertiary/aromatic N) is 2. The number of nitrogens with one attached hydrogen (secondary N) is 2. The summed E-state index contributed by atoms with van der Waals surface area (Å²) in [6.45, 7) is 4.76. The van der Waals surface area contributed by atoms with E-state index in [0.717, 1.165) is 30.7 Å². The molecule has 1 atom stereocenters. The Hall–Kier alpha value is -1.85. The lowest BCUT2D eigenvalue weighted by atomic mass is 10.2. The molecule has 1 saturated heterocycles. The van der Waals surface area contributed by atoms with Crippen molar-refractivity contribution in [3.8, 4) is 0 Å². The molecule has 0 radical (unpaired) electrons. The van der Waals surface area contributed by atoms with Crippen LogP contribution >= 0.6 is 0 Å². The van der Waals surface area contributed by atoms with Crippen molar-refractivity contribution in [2.24, 2.45) is 0 Å². The third kappa shape index (κ3) is 4.88. The van der Waals surface area contributed by atoms with Crippen LogP contribution in [0.5, 0.6) is 0 Å². The van der Waals surface area contributed by atoms with Gasteiger partial charge in [-0.2, -0.15) is 5.10 Å². The average molecular weight is 292 g/mol. The first-order valence-electron chi connectivity index (χ1n) is 7.62. The normalized spacial score (nSPS) is 17.4. The van der Waals surface area contributed by atoms with E-state index >= 15 is 0 Å². The number of hydrogen-bond acceptors (Lipinski definition) is 3. The Kier molecular flexibility index (Phi) is 5.36. The quantitative estimate of drug-likeness (QED) is 0.855. The van der Waals surface area contributed by atoms with Crippen molar-refractivity contribution in [1.29, 1.82) is 0 Å². The highest BCUT2D eigenvalue weighted by atomic mass is 16.2. The molecule has 0 spiro atoms. The second kappa shape index (κ2) is 7.24. The van der Waals surface area contributed by atoms with Crippen molar-refractivity contribution in [2.75, 3.05) is 13.1 Å². The van der Waals surface area contributed by atoms with Crippen molar-refractivity contribution in [2.45, 2.75) is 52.0 Å². The zero-order valence-electron chi connectivity index (χ0n) is 12.8. The van der Waals surface area contributed by atoms with E-state index in [0.29, 0.717) is 19.4 Å². The average Bonchev–Trinajstić information content (AvgIpc) is 2.70. The summed E-state index contributed by atoms with van der Waals surface area (Å²) in [5, 5.41) is 9.99. The van der Waals surface area contributed by atoms with Crippen LogP contribution in [0.4, 0.5) is 0 Å². The first kappa shape index (κ1) is 15.5. The van der Waals surface area contributed by atoms with Gasteiger partial charge in [-0.25, -0.2) is 0 Å². The topological polar surface area (TPSA) is 78.1 Å². The maximum Gasteiger partial charge on any atom is 0.239 e. The molecular weight excluding hydrogens is 268 g/mol. The van der Waals surface area contributed by atoms with E-state index in [1.165, 1.54) is 0 Å². The lowest BCUT2D eigenvalue weighted by Crippen LogP contribution is -2.43. The SMILES string of the molecule is Cc1cc(CC(C)NC(=O)CN2CCCCCC2=O)n[nH]1. The van der Waals surface area contributed by atoms with Crippen molar-refractivity contribution in [3.63, 3.8) is 0 Å². The number of amides is 2. The Balaban J connectivity index is 1.79. The molecular formula is C15H24N4O2. The molecule has 6 heteroatoms. The van der Waals surface area contributed by atoms with Gasteiger partial charge in [0.1, 0.15) is 0 Å². The van der Waals surface area contributed by atoms with Gasteiger partial charge in [-0.1, -0.05) is 6.42 Å². The summed E-state index contributed by atoms with van der Waals surface area (Å²) >= 11 is 0. The zero-order chi connectivity index (χ0) is 15.2. The minimum atomic E-state index is -0.0926. The summed E-state index contributed by atoms with van der Waals surface area (Å²) < 4.78 is 0. The molecule has 2 N–H and O–H groups in total. The number of aryl methyl sites for hydroxylation is 1. The highest BCUT2D eigenvalue weighted by Crippen LogP contribution is 2.10. The van der Waals surface area contributed by atoms with Crippen molar-refractivity contribution < 1.29 is 9.59 Å². The minimum Gasteiger partial charge on any atom is -0.352 e. The lowest BCUT2D eigenvalue weighted by molar-refractivity contribution is -0.135. The molecule has 1 aliphatic heterocycles. The van der Waals surface area contributed by atoms with Crippen LogP contribution in [-0.4, -0.2) is 46.0 Å². The second-order valence-electron chi connectivity index (χ2n) is 5.84. The van der Waals surface area contributed by atoms with Crippen molar-refractivity contribution >= 4 is 11.8 Å². The standard InChI is InChI=1S/C15H24N4O2/c1-11(8-13-9-12(2)17-18-13)16-14(20)10-19-7-5-3-4-6-15(19)21/h9,11H,3-8,10H2,1-2H3,(H,16,20)(H,17,18). The van der Waals surface area contributed by atoms with Gasteiger partial charge in [0.05, 0.1) is 12.2 Å². The van der Waals surface area contributed by atoms with E-state index in [1.54, 1.807) is 4.90 Å². The van der Waals surface area contributed by atoms with Crippen LogP contribution in [0, 0.1) is 6.92 Å². The fourth-order valence-corrected chi connectivity index (χ4v) is 2.64. The van der Waals surface area contributed by atoms with Crippen LogP contribution in [0.1, 0.15) is 44.0 Å². The van der Waals surface area contributed by atoms with Crippen LogP contribution in [-0.2, 0) is 16.0 Å². The number of rotatable bonds is 5. The molecule has 2 heterocycles. The Bertz CT molecular complexity index is 498. The molecule has 2 rings (SSSR count). The number of aromatic amines is 1. The van der Waals surface area contributed by atoms with Crippen LogP contribution < -0.4 is 5.32 Å². The van der Waals surface area contributed by atoms with Crippen LogP contribution in [0.15, 0.2) is 6.07 Å². The maximum absolute atomic E-state index is 12.0. The second-order valence-corrected chi connectivity index (χ2v) is 5.84. The maximum atomic E-state index is 12.0. The monoisotopic (exact) mass is 292 g/mol. The van der Waals surface area contributed by atoms with Gasteiger partial charge < -0.3 is 10.2 Å².